The number of carboxylic acids is 1. The molecule has 0 aliphatic heterocycles. The van der Waals surface area contributed by atoms with Gasteiger partial charge < -0.3 is 5.11 Å². The summed E-state index contributed by atoms with van der Waals surface area (Å²) in [5, 5.41) is 7.89. The Morgan fingerprint density at radius 3 is 1.86 bits per heavy atom. The maximum absolute atomic E-state index is 9.60. The summed E-state index contributed by atoms with van der Waals surface area (Å²) in [6.45, 7) is 4.60. The molecule has 0 saturated heterocycles. The average Bonchev–Trinajstić information content (AvgIpc) is 1.36. The first-order valence-corrected chi connectivity index (χ1v) is 1.53. The molecule has 0 aliphatic carbocycles. The second-order valence-electron chi connectivity index (χ2n) is 1.09. The molecule has 3 heteroatoms. The molecule has 40 valence electrons. The highest BCUT2D eigenvalue weighted by atomic mass is 27.0. The van der Waals surface area contributed by atoms with Crippen LogP contribution in [-0.2, 0) is 4.79 Å². The summed E-state index contributed by atoms with van der Waals surface area (Å²) in [6, 6.07) is 0. The lowest BCUT2D eigenvalue weighted by molar-refractivity contribution is -0.132. The molecular formula is C4H9AlO2. The van der Waals surface area contributed by atoms with Crippen molar-refractivity contribution in [3.05, 3.63) is 12.2 Å². The van der Waals surface area contributed by atoms with E-state index in [0.717, 1.165) is 0 Å². The van der Waals surface area contributed by atoms with Crippen LogP contribution in [0.5, 0.6) is 0 Å². The molecule has 0 bridgehead atoms. The number of hydrogen-bond acceptors (Lipinski definition) is 1. The van der Waals surface area contributed by atoms with E-state index in [1.807, 2.05) is 0 Å². The van der Waals surface area contributed by atoms with Gasteiger partial charge in [-0.05, 0) is 6.92 Å². The number of carboxylic acid groups (broad SMARTS) is 1. The highest BCUT2D eigenvalue weighted by Crippen LogP contribution is 1.81. The zero-order valence-electron chi connectivity index (χ0n) is 3.56. The molecule has 0 unspecified atom stereocenters. The predicted octanol–water partition coefficient (Wildman–Crippen LogP) is -0.537. The minimum Gasteiger partial charge on any atom is -0.478 e. The van der Waals surface area contributed by atoms with Gasteiger partial charge in [0.1, 0.15) is 0 Å². The Kier molecular flexibility index (Phi) is 5.53. The standard InChI is InChI=1S/C4H6O2.Al.3H/c1-3(2)4(5)6;;;;/h1H2,2H3,(H,5,6);;;;. The predicted molar refractivity (Wildman–Crippen MR) is 32.4 cm³/mol. The quantitative estimate of drug-likeness (QED) is 0.369. The van der Waals surface area contributed by atoms with Crippen LogP contribution in [0, 0.1) is 0 Å². The van der Waals surface area contributed by atoms with Crippen molar-refractivity contribution >= 4 is 23.3 Å². The van der Waals surface area contributed by atoms with E-state index >= 15 is 0 Å². The second-order valence-corrected chi connectivity index (χ2v) is 1.09. The highest BCUT2D eigenvalue weighted by Gasteiger charge is 1.90. The molecule has 0 aromatic heterocycles. The van der Waals surface area contributed by atoms with Crippen LogP contribution in [0.25, 0.3) is 0 Å². The van der Waals surface area contributed by atoms with Crippen LogP contribution in [0.15, 0.2) is 12.2 Å². The third-order valence-corrected chi connectivity index (χ3v) is 0.365. The smallest absolute Gasteiger partial charge is 0.330 e. The van der Waals surface area contributed by atoms with Crippen LogP contribution < -0.4 is 0 Å². The van der Waals surface area contributed by atoms with Gasteiger partial charge in [0.05, 0.1) is 0 Å². The monoisotopic (exact) mass is 116 g/mol. The van der Waals surface area contributed by atoms with Crippen LogP contribution in [-0.4, -0.2) is 28.4 Å². The molecule has 2 nitrogen and oxygen atoms in total. The molecule has 0 aromatic rings. The summed E-state index contributed by atoms with van der Waals surface area (Å²) in [6.07, 6.45) is 0. The summed E-state index contributed by atoms with van der Waals surface area (Å²) in [5.74, 6) is -0.935. The van der Waals surface area contributed by atoms with Crippen molar-refractivity contribution in [2.24, 2.45) is 0 Å². The van der Waals surface area contributed by atoms with E-state index in [1.54, 1.807) is 0 Å². The van der Waals surface area contributed by atoms with E-state index < -0.39 is 5.97 Å². The Morgan fingerprint density at radius 1 is 1.71 bits per heavy atom. The highest BCUT2D eigenvalue weighted by molar-refractivity contribution is 5.84. The van der Waals surface area contributed by atoms with Crippen LogP contribution in [0.4, 0.5) is 0 Å². The van der Waals surface area contributed by atoms with Gasteiger partial charge in [-0.2, -0.15) is 0 Å². The van der Waals surface area contributed by atoms with Crippen LogP contribution in [0.2, 0.25) is 0 Å². The van der Waals surface area contributed by atoms with Gasteiger partial charge in [-0.15, -0.1) is 0 Å². The number of carbonyl (C=O) groups is 1. The van der Waals surface area contributed by atoms with Crippen molar-refractivity contribution in [3.8, 4) is 0 Å². The molecule has 0 spiro atoms. The molecule has 0 aliphatic rings. The number of aliphatic carboxylic acids is 1. The molecule has 0 heterocycles. The van der Waals surface area contributed by atoms with Crippen molar-refractivity contribution in [2.45, 2.75) is 6.92 Å². The first-order valence-electron chi connectivity index (χ1n) is 1.53. The second kappa shape index (κ2) is 3.92. The summed E-state index contributed by atoms with van der Waals surface area (Å²) in [7, 11) is 0. The summed E-state index contributed by atoms with van der Waals surface area (Å²) < 4.78 is 0. The lowest BCUT2D eigenvalue weighted by atomic mass is 10.4. The molecule has 0 rings (SSSR count). The maximum atomic E-state index is 9.60. The fourth-order valence-electron chi connectivity index (χ4n) is 0. The normalized spacial score (nSPS) is 6.43. The van der Waals surface area contributed by atoms with Gasteiger partial charge in [0.25, 0.3) is 0 Å². The Labute approximate surface area is 53.0 Å². The third-order valence-electron chi connectivity index (χ3n) is 0.365. The molecule has 7 heavy (non-hydrogen) atoms. The average molecular weight is 116 g/mol. The minimum atomic E-state index is -0.935. The SMILES string of the molecule is C=C(C)C(=O)O.[AlH3]. The lowest BCUT2D eigenvalue weighted by Gasteiger charge is -1.79. The molecule has 0 atom stereocenters. The van der Waals surface area contributed by atoms with E-state index in [0.29, 0.717) is 0 Å². The van der Waals surface area contributed by atoms with Gasteiger partial charge in [-0.1, -0.05) is 6.58 Å². The van der Waals surface area contributed by atoms with Gasteiger partial charge in [0, 0.05) is 5.57 Å². The van der Waals surface area contributed by atoms with E-state index in [-0.39, 0.29) is 22.9 Å². The maximum Gasteiger partial charge on any atom is 0.330 e. The lowest BCUT2D eigenvalue weighted by Crippen LogP contribution is -1.92. The Morgan fingerprint density at radius 2 is 1.86 bits per heavy atom. The zero-order valence-corrected chi connectivity index (χ0v) is 3.56. The fraction of sp³-hybridized carbons (Fsp3) is 0.250. The molecule has 1 N–H and O–H groups in total. The Hall–Kier alpha value is -0.258. The van der Waals surface area contributed by atoms with Crippen molar-refractivity contribution < 1.29 is 9.90 Å². The first kappa shape index (κ1) is 9.89. The summed E-state index contributed by atoms with van der Waals surface area (Å²) in [4.78, 5) is 9.60. The first-order chi connectivity index (χ1) is 2.64. The topological polar surface area (TPSA) is 37.3 Å². The fourth-order valence-corrected chi connectivity index (χ4v) is 0. The van der Waals surface area contributed by atoms with Crippen molar-refractivity contribution in [2.75, 3.05) is 0 Å². The van der Waals surface area contributed by atoms with E-state index in [1.165, 1.54) is 6.92 Å². The van der Waals surface area contributed by atoms with E-state index in [4.69, 9.17) is 5.11 Å². The molecular weight excluding hydrogens is 107 g/mol. The van der Waals surface area contributed by atoms with Crippen LogP contribution >= 0.6 is 0 Å². The van der Waals surface area contributed by atoms with Gasteiger partial charge in [-0.25, -0.2) is 4.79 Å². The molecule has 0 amide bonds. The molecule has 0 radical (unpaired) electrons. The summed E-state index contributed by atoms with van der Waals surface area (Å²) >= 11 is 0. The number of hydrogen-bond donors (Lipinski definition) is 1. The largest absolute Gasteiger partial charge is 0.478 e. The van der Waals surface area contributed by atoms with Gasteiger partial charge in [-0.3, -0.25) is 0 Å². The van der Waals surface area contributed by atoms with E-state index in [9.17, 15) is 4.79 Å². The van der Waals surface area contributed by atoms with Crippen molar-refractivity contribution in [3.63, 3.8) is 0 Å². The van der Waals surface area contributed by atoms with Gasteiger partial charge in [0.2, 0.25) is 0 Å². The Balaban J connectivity index is 0. The van der Waals surface area contributed by atoms with Crippen LogP contribution in [0.3, 0.4) is 0 Å². The third kappa shape index (κ3) is 5.74. The van der Waals surface area contributed by atoms with Crippen LogP contribution in [0.1, 0.15) is 6.92 Å². The van der Waals surface area contributed by atoms with Gasteiger partial charge >= 0.3 is 5.97 Å². The Bertz CT molecular complexity index is 75.7. The number of rotatable bonds is 1. The molecule has 0 aromatic carbocycles. The van der Waals surface area contributed by atoms with E-state index in [2.05, 4.69) is 6.58 Å². The van der Waals surface area contributed by atoms with Crippen molar-refractivity contribution in [1.29, 1.82) is 0 Å². The molecule has 0 saturated carbocycles. The van der Waals surface area contributed by atoms with Crippen molar-refractivity contribution in [1.82, 2.24) is 0 Å². The molecule has 0 fully saturated rings. The zero-order chi connectivity index (χ0) is 5.15. The summed E-state index contributed by atoms with van der Waals surface area (Å²) in [5.41, 5.74) is 0.176. The minimum absolute atomic E-state index is 0. The van der Waals surface area contributed by atoms with Gasteiger partial charge in [0.15, 0.2) is 17.4 Å².